The van der Waals surface area contributed by atoms with Gasteiger partial charge in [-0.15, -0.1) is 0 Å². The van der Waals surface area contributed by atoms with Crippen molar-refractivity contribution in [2.45, 2.75) is 57.7 Å². The van der Waals surface area contributed by atoms with Crippen molar-refractivity contribution in [2.24, 2.45) is 5.92 Å². The second-order valence-corrected chi connectivity index (χ2v) is 9.28. The van der Waals surface area contributed by atoms with E-state index in [1.807, 2.05) is 18.2 Å². The van der Waals surface area contributed by atoms with Gasteiger partial charge in [0.1, 0.15) is 22.9 Å². The topological polar surface area (TPSA) is 66.2 Å². The van der Waals surface area contributed by atoms with Gasteiger partial charge in [-0.2, -0.15) is 18.3 Å². The number of para-hydroxylation sites is 3. The molecule has 0 amide bonds. The molecular formula is C25H26F3N3O3. The van der Waals surface area contributed by atoms with Crippen molar-refractivity contribution in [3.63, 3.8) is 0 Å². The SMILES string of the molecule is CC(C)(C)OC(=O)[C@@H]1C[C@H]1c1nc(CCC(F)(F)F)nn1-c1ccccc1Oc1ccccc1. The van der Waals surface area contributed by atoms with Crippen LogP contribution in [-0.2, 0) is 16.0 Å². The number of hydrogen-bond donors (Lipinski definition) is 0. The second kappa shape index (κ2) is 9.12. The van der Waals surface area contributed by atoms with E-state index in [0.717, 1.165) is 0 Å². The van der Waals surface area contributed by atoms with Gasteiger partial charge in [0.25, 0.3) is 0 Å². The Morgan fingerprint density at radius 2 is 1.74 bits per heavy atom. The number of alkyl halides is 3. The van der Waals surface area contributed by atoms with Crippen LogP contribution in [0, 0.1) is 5.92 Å². The molecule has 4 rings (SSSR count). The van der Waals surface area contributed by atoms with Gasteiger partial charge in [-0.05, 0) is 51.5 Å². The molecule has 0 radical (unpaired) electrons. The maximum atomic E-state index is 12.8. The maximum Gasteiger partial charge on any atom is 0.389 e. The van der Waals surface area contributed by atoms with Gasteiger partial charge in [0.2, 0.25) is 0 Å². The molecule has 1 aliphatic rings. The summed E-state index contributed by atoms with van der Waals surface area (Å²) < 4.78 is 51.5. The molecule has 1 saturated carbocycles. The third-order valence-corrected chi connectivity index (χ3v) is 5.20. The minimum atomic E-state index is -4.32. The maximum absolute atomic E-state index is 12.8. The quantitative estimate of drug-likeness (QED) is 0.394. The van der Waals surface area contributed by atoms with Gasteiger partial charge in [0.05, 0.1) is 12.3 Å². The number of carbonyl (C=O) groups is 1. The van der Waals surface area contributed by atoms with Crippen molar-refractivity contribution in [3.05, 3.63) is 66.2 Å². The van der Waals surface area contributed by atoms with Crippen LogP contribution in [-0.4, -0.2) is 32.5 Å². The molecule has 9 heteroatoms. The van der Waals surface area contributed by atoms with Crippen molar-refractivity contribution in [3.8, 4) is 17.2 Å². The van der Waals surface area contributed by atoms with Gasteiger partial charge in [0.15, 0.2) is 11.6 Å². The second-order valence-electron chi connectivity index (χ2n) is 9.28. The van der Waals surface area contributed by atoms with Crippen LogP contribution in [0.5, 0.6) is 11.5 Å². The van der Waals surface area contributed by atoms with Gasteiger partial charge in [0, 0.05) is 12.3 Å². The number of hydrogen-bond acceptors (Lipinski definition) is 5. The fourth-order valence-corrected chi connectivity index (χ4v) is 3.60. The Morgan fingerprint density at radius 3 is 2.41 bits per heavy atom. The van der Waals surface area contributed by atoms with E-state index < -0.39 is 24.1 Å². The molecule has 0 unspecified atom stereocenters. The number of aryl methyl sites for hydroxylation is 1. The van der Waals surface area contributed by atoms with Gasteiger partial charge in [-0.1, -0.05) is 30.3 Å². The molecular weight excluding hydrogens is 447 g/mol. The van der Waals surface area contributed by atoms with E-state index in [2.05, 4.69) is 10.1 Å². The van der Waals surface area contributed by atoms with E-state index in [1.54, 1.807) is 57.2 Å². The Kier molecular flexibility index (Phi) is 6.38. The average Bonchev–Trinajstić information content (AvgIpc) is 3.44. The zero-order chi connectivity index (χ0) is 24.5. The average molecular weight is 473 g/mol. The number of rotatable bonds is 7. The zero-order valence-corrected chi connectivity index (χ0v) is 19.2. The van der Waals surface area contributed by atoms with Crippen LogP contribution in [0.15, 0.2) is 54.6 Å². The van der Waals surface area contributed by atoms with Crippen LogP contribution in [0.1, 0.15) is 51.2 Å². The van der Waals surface area contributed by atoms with Crippen LogP contribution in [0.25, 0.3) is 5.69 Å². The molecule has 0 saturated heterocycles. The van der Waals surface area contributed by atoms with E-state index in [1.165, 1.54) is 4.68 Å². The summed E-state index contributed by atoms with van der Waals surface area (Å²) in [7, 11) is 0. The zero-order valence-electron chi connectivity index (χ0n) is 19.2. The molecule has 180 valence electrons. The Morgan fingerprint density at radius 1 is 1.06 bits per heavy atom. The van der Waals surface area contributed by atoms with Crippen molar-refractivity contribution in [2.75, 3.05) is 0 Å². The first-order chi connectivity index (χ1) is 16.0. The van der Waals surface area contributed by atoms with Crippen molar-refractivity contribution in [1.82, 2.24) is 14.8 Å². The summed E-state index contributed by atoms with van der Waals surface area (Å²) in [6.45, 7) is 5.37. The van der Waals surface area contributed by atoms with E-state index in [0.29, 0.717) is 29.4 Å². The summed E-state index contributed by atoms with van der Waals surface area (Å²) in [6, 6.07) is 16.2. The fourth-order valence-electron chi connectivity index (χ4n) is 3.60. The lowest BCUT2D eigenvalue weighted by Gasteiger charge is -2.19. The van der Waals surface area contributed by atoms with Gasteiger partial charge >= 0.3 is 12.1 Å². The standard InChI is InChI=1S/C25H26F3N3O3/c1-24(2,3)34-23(32)18-15-17(18)22-29-21(13-14-25(26,27)28)30-31(22)19-11-7-8-12-20(19)33-16-9-5-4-6-10-16/h4-12,17-18H,13-15H2,1-3H3/t17-,18-/m1/s1. The smallest absolute Gasteiger partial charge is 0.389 e. The summed E-state index contributed by atoms with van der Waals surface area (Å²) in [4.78, 5) is 17.0. The molecule has 1 aromatic heterocycles. The first-order valence-corrected chi connectivity index (χ1v) is 11.1. The summed E-state index contributed by atoms with van der Waals surface area (Å²) in [6.07, 6.45) is -5.21. The number of nitrogens with zero attached hydrogens (tertiary/aromatic N) is 3. The van der Waals surface area contributed by atoms with Crippen molar-refractivity contribution in [1.29, 1.82) is 0 Å². The van der Waals surface area contributed by atoms with Crippen LogP contribution >= 0.6 is 0 Å². The first kappa shape index (κ1) is 23.8. The monoisotopic (exact) mass is 473 g/mol. The van der Waals surface area contributed by atoms with Crippen LogP contribution < -0.4 is 4.74 Å². The lowest BCUT2D eigenvalue weighted by atomic mass is 10.2. The minimum absolute atomic E-state index is 0.0664. The summed E-state index contributed by atoms with van der Waals surface area (Å²) >= 11 is 0. The highest BCUT2D eigenvalue weighted by atomic mass is 19.4. The third kappa shape index (κ3) is 5.95. The Balaban J connectivity index is 1.67. The molecule has 1 fully saturated rings. The molecule has 1 heterocycles. The Bertz CT molecular complexity index is 1150. The largest absolute Gasteiger partial charge is 0.460 e. The first-order valence-electron chi connectivity index (χ1n) is 11.1. The predicted molar refractivity (Wildman–Crippen MR) is 119 cm³/mol. The molecule has 2 aromatic carbocycles. The highest BCUT2D eigenvalue weighted by Crippen LogP contribution is 2.49. The lowest BCUT2D eigenvalue weighted by Crippen LogP contribution is -2.25. The number of benzene rings is 2. The highest BCUT2D eigenvalue weighted by Gasteiger charge is 2.49. The van der Waals surface area contributed by atoms with Crippen LogP contribution in [0.2, 0.25) is 0 Å². The molecule has 6 nitrogen and oxygen atoms in total. The van der Waals surface area contributed by atoms with E-state index in [-0.39, 0.29) is 24.1 Å². The normalized spacial score (nSPS) is 17.9. The number of carbonyl (C=O) groups excluding carboxylic acids is 1. The van der Waals surface area contributed by atoms with Crippen LogP contribution in [0.4, 0.5) is 13.2 Å². The number of ether oxygens (including phenoxy) is 2. The van der Waals surface area contributed by atoms with E-state index in [9.17, 15) is 18.0 Å². The van der Waals surface area contributed by atoms with Crippen LogP contribution in [0.3, 0.4) is 0 Å². The molecule has 0 bridgehead atoms. The molecule has 3 aromatic rings. The van der Waals surface area contributed by atoms with Gasteiger partial charge in [-0.25, -0.2) is 9.67 Å². The number of esters is 1. The third-order valence-electron chi connectivity index (χ3n) is 5.20. The molecule has 0 spiro atoms. The molecule has 0 N–H and O–H groups in total. The summed E-state index contributed by atoms with van der Waals surface area (Å²) in [5.41, 5.74) is -0.103. The molecule has 34 heavy (non-hydrogen) atoms. The molecule has 1 aliphatic carbocycles. The Labute approximate surface area is 195 Å². The summed E-state index contributed by atoms with van der Waals surface area (Å²) in [5, 5.41) is 4.39. The molecule has 2 atom stereocenters. The van der Waals surface area contributed by atoms with E-state index in [4.69, 9.17) is 9.47 Å². The highest BCUT2D eigenvalue weighted by molar-refractivity contribution is 5.77. The Hall–Kier alpha value is -3.36. The summed E-state index contributed by atoms with van der Waals surface area (Å²) in [5.74, 6) is 0.502. The fraction of sp³-hybridized carbons (Fsp3) is 0.400. The van der Waals surface area contributed by atoms with E-state index >= 15 is 0 Å². The number of aromatic nitrogens is 3. The van der Waals surface area contributed by atoms with Gasteiger partial charge < -0.3 is 9.47 Å². The predicted octanol–water partition coefficient (Wildman–Crippen LogP) is 6.00. The molecule has 0 aliphatic heterocycles. The van der Waals surface area contributed by atoms with Crippen molar-refractivity contribution < 1.29 is 27.4 Å². The lowest BCUT2D eigenvalue weighted by molar-refractivity contribution is -0.156. The number of halogens is 3. The van der Waals surface area contributed by atoms with Crippen molar-refractivity contribution >= 4 is 5.97 Å². The van der Waals surface area contributed by atoms with Gasteiger partial charge in [-0.3, -0.25) is 4.79 Å². The minimum Gasteiger partial charge on any atom is -0.460 e.